The van der Waals surface area contributed by atoms with E-state index in [-0.39, 0.29) is 18.8 Å². The highest BCUT2D eigenvalue weighted by Gasteiger charge is 2.87. The highest BCUT2D eigenvalue weighted by Crippen LogP contribution is 2.58. The number of hydrogen-bond donors (Lipinski definition) is 0. The molecule has 2 saturated carbocycles. The fourth-order valence-corrected chi connectivity index (χ4v) is 5.60. The van der Waals surface area contributed by atoms with Crippen LogP contribution in [0, 0.1) is 23.7 Å². The first-order valence-electron chi connectivity index (χ1n) is 13.2. The molecule has 0 atom stereocenters. The molecular weight excluding hydrogens is 560 g/mol. The number of ether oxygens (including phenoxy) is 1. The Balaban J connectivity index is 1.91. The molecule has 0 heterocycles. The first kappa shape index (κ1) is 33.8. The van der Waals surface area contributed by atoms with Crippen molar-refractivity contribution in [1.82, 2.24) is 0 Å². The van der Waals surface area contributed by atoms with Crippen LogP contribution in [0.2, 0.25) is 0 Å². The SMILES string of the molecule is CCCCCC1CCC(C2CCC(C(=O)OCC(F)(F)C(F)(F)C(F)(F)C(F)(F)C(F)(F)C(F)F)CC2)CC1. The van der Waals surface area contributed by atoms with E-state index < -0.39 is 54.5 Å². The Bertz CT molecular complexity index is 786. The van der Waals surface area contributed by atoms with Crippen molar-refractivity contribution in [2.24, 2.45) is 23.7 Å². The summed E-state index contributed by atoms with van der Waals surface area (Å²) in [5, 5.41) is 0. The molecule has 2 nitrogen and oxygen atoms in total. The van der Waals surface area contributed by atoms with Crippen molar-refractivity contribution in [3.05, 3.63) is 0 Å². The van der Waals surface area contributed by atoms with Crippen molar-refractivity contribution in [2.45, 2.75) is 120 Å². The first-order chi connectivity index (χ1) is 17.8. The lowest BCUT2D eigenvalue weighted by Gasteiger charge is -2.39. The van der Waals surface area contributed by atoms with Gasteiger partial charge < -0.3 is 4.74 Å². The van der Waals surface area contributed by atoms with E-state index in [9.17, 15) is 57.5 Å². The third kappa shape index (κ3) is 6.93. The van der Waals surface area contributed by atoms with E-state index in [1.807, 2.05) is 0 Å². The molecule has 0 unspecified atom stereocenters. The first-order valence-corrected chi connectivity index (χ1v) is 13.2. The van der Waals surface area contributed by atoms with Crippen molar-refractivity contribution in [2.75, 3.05) is 6.61 Å². The molecule has 0 bridgehead atoms. The average molecular weight is 595 g/mol. The number of carbonyl (C=O) groups excluding carboxylic acids is 1. The van der Waals surface area contributed by atoms with E-state index in [0.29, 0.717) is 24.7 Å². The molecule has 14 heteroatoms. The van der Waals surface area contributed by atoms with Gasteiger partial charge in [-0.15, -0.1) is 0 Å². The molecule has 2 rings (SSSR count). The van der Waals surface area contributed by atoms with Gasteiger partial charge in [-0.25, -0.2) is 8.78 Å². The number of rotatable bonds is 13. The van der Waals surface area contributed by atoms with Crippen molar-refractivity contribution in [3.8, 4) is 0 Å². The largest absolute Gasteiger partial charge is 0.459 e. The molecule has 0 amide bonds. The second-order valence-electron chi connectivity index (χ2n) is 10.8. The zero-order valence-electron chi connectivity index (χ0n) is 21.4. The van der Waals surface area contributed by atoms with Crippen LogP contribution in [0.15, 0.2) is 0 Å². The molecule has 0 saturated heterocycles. The lowest BCUT2D eigenvalue weighted by atomic mass is 9.68. The van der Waals surface area contributed by atoms with Gasteiger partial charge in [-0.2, -0.15) is 43.9 Å². The highest BCUT2D eigenvalue weighted by molar-refractivity contribution is 5.72. The third-order valence-electron chi connectivity index (χ3n) is 8.22. The van der Waals surface area contributed by atoms with E-state index in [1.165, 1.54) is 19.3 Å². The lowest BCUT2D eigenvalue weighted by molar-refractivity contribution is -0.414. The molecule has 0 aromatic heterocycles. The van der Waals surface area contributed by atoms with Crippen LogP contribution in [0.25, 0.3) is 0 Å². The summed E-state index contributed by atoms with van der Waals surface area (Å²) in [6, 6.07) is 0. The van der Waals surface area contributed by atoms with Gasteiger partial charge in [0.15, 0.2) is 6.61 Å². The Morgan fingerprint density at radius 1 is 0.718 bits per heavy atom. The minimum atomic E-state index is -7.62. The van der Waals surface area contributed by atoms with Crippen LogP contribution in [0.4, 0.5) is 52.7 Å². The Kier molecular flexibility index (Phi) is 11.0. The molecular formula is C25H34F12O2. The Labute approximate surface area is 219 Å². The summed E-state index contributed by atoms with van der Waals surface area (Å²) in [5.41, 5.74) is 0. The van der Waals surface area contributed by atoms with Crippen LogP contribution in [0.1, 0.15) is 84.0 Å². The van der Waals surface area contributed by atoms with Gasteiger partial charge >= 0.3 is 42.0 Å². The van der Waals surface area contributed by atoms with Crippen LogP contribution in [-0.2, 0) is 9.53 Å². The van der Waals surface area contributed by atoms with Crippen LogP contribution < -0.4 is 0 Å². The lowest BCUT2D eigenvalue weighted by Crippen LogP contribution is -2.69. The van der Waals surface area contributed by atoms with Gasteiger partial charge in [0.05, 0.1) is 5.92 Å². The Morgan fingerprint density at radius 3 is 1.67 bits per heavy atom. The maximum atomic E-state index is 13.9. The standard InChI is InChI=1S/C25H34F12O2/c1-2-3-4-5-15-6-8-16(9-7-15)17-10-12-18(13-11-17)19(38)39-14-21(28,29)23(32,33)25(36,37)24(34,35)22(30,31)20(26)27/h15-18,20H,2-14H2,1H3. The van der Waals surface area contributed by atoms with Crippen LogP contribution in [0.3, 0.4) is 0 Å². The van der Waals surface area contributed by atoms with Gasteiger partial charge in [0.25, 0.3) is 0 Å². The number of unbranched alkanes of at least 4 members (excludes halogenated alkanes) is 2. The second kappa shape index (κ2) is 12.7. The van der Waals surface area contributed by atoms with Gasteiger partial charge in [0, 0.05) is 0 Å². The quantitative estimate of drug-likeness (QED) is 0.121. The van der Waals surface area contributed by atoms with Gasteiger partial charge in [-0.05, 0) is 56.3 Å². The van der Waals surface area contributed by atoms with Crippen molar-refractivity contribution < 1.29 is 62.2 Å². The van der Waals surface area contributed by atoms with Gasteiger partial charge in [0.2, 0.25) is 0 Å². The summed E-state index contributed by atoms with van der Waals surface area (Å²) in [4.78, 5) is 12.2. The molecule has 39 heavy (non-hydrogen) atoms. The zero-order chi connectivity index (χ0) is 29.9. The molecule has 2 aliphatic rings. The van der Waals surface area contributed by atoms with E-state index in [4.69, 9.17) is 0 Å². The number of alkyl halides is 12. The molecule has 0 aromatic carbocycles. The van der Waals surface area contributed by atoms with E-state index in [1.54, 1.807) is 0 Å². The molecule has 230 valence electrons. The summed E-state index contributed by atoms with van der Waals surface area (Å²) >= 11 is 0. The van der Waals surface area contributed by atoms with E-state index in [0.717, 1.165) is 32.1 Å². The molecule has 0 aromatic rings. The molecule has 2 fully saturated rings. The van der Waals surface area contributed by atoms with Crippen LogP contribution in [-0.4, -0.2) is 48.6 Å². The van der Waals surface area contributed by atoms with Gasteiger partial charge in [-0.1, -0.05) is 45.4 Å². The number of hydrogen-bond acceptors (Lipinski definition) is 2. The van der Waals surface area contributed by atoms with Gasteiger partial charge in [0.1, 0.15) is 0 Å². The minimum absolute atomic E-state index is 0.150. The fraction of sp³-hybridized carbons (Fsp3) is 0.960. The summed E-state index contributed by atoms with van der Waals surface area (Å²) in [6.07, 6.45) is 4.69. The smallest absolute Gasteiger partial charge is 0.384 e. The summed E-state index contributed by atoms with van der Waals surface area (Å²) < 4.78 is 163. The number of carbonyl (C=O) groups is 1. The normalized spacial score (nSPS) is 26.1. The van der Waals surface area contributed by atoms with Gasteiger partial charge in [-0.3, -0.25) is 4.79 Å². The minimum Gasteiger partial charge on any atom is -0.459 e. The predicted octanol–water partition coefficient (Wildman–Crippen LogP) is 9.16. The fourth-order valence-electron chi connectivity index (χ4n) is 5.60. The summed E-state index contributed by atoms with van der Waals surface area (Å²) in [7, 11) is 0. The van der Waals surface area contributed by atoms with E-state index >= 15 is 0 Å². The molecule has 0 spiro atoms. The molecule has 0 N–H and O–H groups in total. The Morgan fingerprint density at radius 2 is 1.21 bits per heavy atom. The van der Waals surface area contributed by atoms with Crippen LogP contribution in [0.5, 0.6) is 0 Å². The topological polar surface area (TPSA) is 26.3 Å². The van der Waals surface area contributed by atoms with E-state index in [2.05, 4.69) is 11.7 Å². The summed E-state index contributed by atoms with van der Waals surface area (Å²) in [6.45, 7) is -0.695. The maximum absolute atomic E-state index is 13.9. The molecule has 0 radical (unpaired) electrons. The highest BCUT2D eigenvalue weighted by atomic mass is 19.4. The maximum Gasteiger partial charge on any atom is 0.384 e. The summed E-state index contributed by atoms with van der Waals surface area (Å²) in [5.74, 6) is -36.9. The number of esters is 1. The molecule has 2 aliphatic carbocycles. The third-order valence-corrected chi connectivity index (χ3v) is 8.22. The molecule has 0 aliphatic heterocycles. The second-order valence-corrected chi connectivity index (χ2v) is 10.8. The predicted molar refractivity (Wildman–Crippen MR) is 117 cm³/mol. The Hall–Kier alpha value is -1.37. The van der Waals surface area contributed by atoms with Crippen LogP contribution >= 0.6 is 0 Å². The van der Waals surface area contributed by atoms with Crippen molar-refractivity contribution >= 4 is 5.97 Å². The average Bonchev–Trinajstić information content (AvgIpc) is 2.87. The number of halogens is 12. The monoisotopic (exact) mass is 594 g/mol. The zero-order valence-corrected chi connectivity index (χ0v) is 21.4. The van der Waals surface area contributed by atoms with Crippen molar-refractivity contribution in [1.29, 1.82) is 0 Å². The van der Waals surface area contributed by atoms with Crippen molar-refractivity contribution in [3.63, 3.8) is 0 Å².